The lowest BCUT2D eigenvalue weighted by atomic mass is 10.1. The van der Waals surface area contributed by atoms with Gasteiger partial charge < -0.3 is 30.1 Å². The minimum absolute atomic E-state index is 0.00755. The summed E-state index contributed by atoms with van der Waals surface area (Å²) in [5.74, 6) is -1.06. The van der Waals surface area contributed by atoms with Crippen molar-refractivity contribution < 1.29 is 37.3 Å². The fourth-order valence-electron chi connectivity index (χ4n) is 4.41. The number of unbranched alkanes of at least 4 members (excludes halogenated alkanes) is 1. The second-order valence-electron chi connectivity index (χ2n) is 9.72. The third-order valence-electron chi connectivity index (χ3n) is 6.56. The standard InChI is InChI=1S/C28H37F3N4O5/c1-39-17-16-35(14-3-2-8-22-11-10-20-7-5-13-32-25(20)33-22)15-12-24(27(37)38)34-26(36)21-6-4-9-23(18-21)40-19-28(29,30)31/h4,6,9-11,18,24H,2-3,5,7-8,12-17,19H2,1H3,(H,32,33)(H,34,36)(H,37,38). The maximum atomic E-state index is 12.7. The number of halogens is 3. The molecule has 1 unspecified atom stereocenters. The average molecular weight is 567 g/mol. The summed E-state index contributed by atoms with van der Waals surface area (Å²) in [6, 6.07) is 8.24. The van der Waals surface area contributed by atoms with Crippen LogP contribution in [0.5, 0.6) is 5.75 Å². The van der Waals surface area contributed by atoms with E-state index in [9.17, 15) is 27.9 Å². The summed E-state index contributed by atoms with van der Waals surface area (Å²) < 4.78 is 47.2. The summed E-state index contributed by atoms with van der Waals surface area (Å²) in [5.41, 5.74) is 2.30. The summed E-state index contributed by atoms with van der Waals surface area (Å²) >= 11 is 0. The van der Waals surface area contributed by atoms with E-state index < -0.39 is 30.7 Å². The third-order valence-corrected chi connectivity index (χ3v) is 6.56. The summed E-state index contributed by atoms with van der Waals surface area (Å²) in [6.45, 7) is 1.68. The molecule has 1 aromatic heterocycles. The minimum atomic E-state index is -4.52. The van der Waals surface area contributed by atoms with E-state index in [0.29, 0.717) is 19.7 Å². The first kappa shape index (κ1) is 31.2. The zero-order valence-electron chi connectivity index (χ0n) is 22.6. The number of ether oxygens (including phenoxy) is 2. The van der Waals surface area contributed by atoms with E-state index in [0.717, 1.165) is 62.8 Å². The number of nitrogens with zero attached hydrogens (tertiary/aromatic N) is 2. The predicted octanol–water partition coefficient (Wildman–Crippen LogP) is 3.93. The Bertz CT molecular complexity index is 1120. The van der Waals surface area contributed by atoms with E-state index in [1.165, 1.54) is 23.8 Å². The van der Waals surface area contributed by atoms with E-state index >= 15 is 0 Å². The van der Waals surface area contributed by atoms with Crippen molar-refractivity contribution in [3.05, 3.63) is 53.2 Å². The molecule has 9 nitrogen and oxygen atoms in total. The average Bonchev–Trinajstić information content (AvgIpc) is 2.93. The number of hydrogen-bond donors (Lipinski definition) is 3. The van der Waals surface area contributed by atoms with E-state index in [-0.39, 0.29) is 17.7 Å². The molecule has 1 aliphatic heterocycles. The lowest BCUT2D eigenvalue weighted by Gasteiger charge is -2.24. The molecule has 40 heavy (non-hydrogen) atoms. The number of anilines is 1. The number of rotatable bonds is 16. The van der Waals surface area contributed by atoms with Gasteiger partial charge in [-0.25, -0.2) is 9.78 Å². The SMILES string of the molecule is COCCN(CCCCc1ccc2c(n1)NCCC2)CCC(NC(=O)c1cccc(OCC(F)(F)F)c1)C(=O)O. The van der Waals surface area contributed by atoms with E-state index in [4.69, 9.17) is 9.72 Å². The van der Waals surface area contributed by atoms with Gasteiger partial charge in [-0.05, 0) is 74.9 Å². The number of carboxylic acid groups (broad SMARTS) is 1. The fourth-order valence-corrected chi connectivity index (χ4v) is 4.41. The molecular weight excluding hydrogens is 529 g/mol. The van der Waals surface area contributed by atoms with Crippen LogP contribution >= 0.6 is 0 Å². The number of aromatic nitrogens is 1. The van der Waals surface area contributed by atoms with Gasteiger partial charge in [0.15, 0.2) is 6.61 Å². The van der Waals surface area contributed by atoms with Crippen LogP contribution in [-0.4, -0.2) is 85.6 Å². The van der Waals surface area contributed by atoms with Crippen LogP contribution in [0, 0.1) is 0 Å². The van der Waals surface area contributed by atoms with Gasteiger partial charge in [-0.15, -0.1) is 0 Å². The van der Waals surface area contributed by atoms with E-state index in [1.807, 2.05) is 0 Å². The molecule has 2 heterocycles. The number of pyridine rings is 1. The molecule has 1 amide bonds. The molecular formula is C28H37F3N4O5. The maximum Gasteiger partial charge on any atom is 0.422 e. The Hall–Kier alpha value is -3.38. The lowest BCUT2D eigenvalue weighted by Crippen LogP contribution is -2.43. The molecule has 0 saturated heterocycles. The van der Waals surface area contributed by atoms with Crippen LogP contribution in [0.2, 0.25) is 0 Å². The number of carboxylic acids is 1. The highest BCUT2D eigenvalue weighted by Gasteiger charge is 2.28. The van der Waals surface area contributed by atoms with Gasteiger partial charge in [0.05, 0.1) is 6.61 Å². The van der Waals surface area contributed by atoms with Crippen LogP contribution in [0.3, 0.4) is 0 Å². The number of methoxy groups -OCH3 is 1. The maximum absolute atomic E-state index is 12.7. The first-order valence-corrected chi connectivity index (χ1v) is 13.4. The Kier molecular flexibility index (Phi) is 12.0. The molecule has 1 atom stereocenters. The molecule has 0 aliphatic carbocycles. The molecule has 0 fully saturated rings. The normalized spacial score (nSPS) is 13.8. The summed E-state index contributed by atoms with van der Waals surface area (Å²) in [6.07, 6.45) is 0.429. The Balaban J connectivity index is 1.49. The second-order valence-corrected chi connectivity index (χ2v) is 9.72. The number of benzene rings is 1. The largest absolute Gasteiger partial charge is 0.484 e. The molecule has 220 valence electrons. The first-order chi connectivity index (χ1) is 19.1. The molecule has 0 saturated carbocycles. The van der Waals surface area contributed by atoms with Gasteiger partial charge in [-0.2, -0.15) is 13.2 Å². The highest BCUT2D eigenvalue weighted by atomic mass is 19.4. The van der Waals surface area contributed by atoms with E-state index in [2.05, 4.69) is 32.4 Å². The lowest BCUT2D eigenvalue weighted by molar-refractivity contribution is -0.153. The minimum Gasteiger partial charge on any atom is -0.484 e. The number of carbonyl (C=O) groups is 2. The zero-order chi connectivity index (χ0) is 29.0. The van der Waals surface area contributed by atoms with Crippen LogP contribution < -0.4 is 15.4 Å². The summed E-state index contributed by atoms with van der Waals surface area (Å²) in [7, 11) is 1.60. The topological polar surface area (TPSA) is 113 Å². The van der Waals surface area contributed by atoms with Crippen molar-refractivity contribution in [3.63, 3.8) is 0 Å². The molecule has 1 aliphatic rings. The van der Waals surface area contributed by atoms with Gasteiger partial charge in [0.2, 0.25) is 0 Å². The number of hydrogen-bond acceptors (Lipinski definition) is 7. The molecule has 3 N–H and O–H groups in total. The molecule has 2 aromatic rings. The van der Waals surface area contributed by atoms with Crippen molar-refractivity contribution in [3.8, 4) is 5.75 Å². The Morgan fingerprint density at radius 2 is 2.00 bits per heavy atom. The van der Waals surface area contributed by atoms with Crippen molar-refractivity contribution in [2.45, 2.75) is 50.7 Å². The van der Waals surface area contributed by atoms with Gasteiger partial charge in [-0.3, -0.25) is 4.79 Å². The van der Waals surface area contributed by atoms with Gasteiger partial charge in [-0.1, -0.05) is 12.1 Å². The van der Waals surface area contributed by atoms with Crippen LogP contribution in [0.15, 0.2) is 36.4 Å². The number of fused-ring (bicyclic) bond motifs is 1. The van der Waals surface area contributed by atoms with Crippen molar-refractivity contribution in [2.75, 3.05) is 51.8 Å². The third kappa shape index (κ3) is 10.6. The van der Waals surface area contributed by atoms with Gasteiger partial charge in [0.1, 0.15) is 17.6 Å². The van der Waals surface area contributed by atoms with Crippen molar-refractivity contribution >= 4 is 17.7 Å². The Labute approximate surface area is 232 Å². The highest BCUT2D eigenvalue weighted by molar-refractivity contribution is 5.96. The number of amides is 1. The Morgan fingerprint density at radius 3 is 2.75 bits per heavy atom. The molecule has 0 bridgehead atoms. The monoisotopic (exact) mass is 566 g/mol. The van der Waals surface area contributed by atoms with Gasteiger partial charge in [0.25, 0.3) is 5.91 Å². The Morgan fingerprint density at radius 1 is 1.18 bits per heavy atom. The highest BCUT2D eigenvalue weighted by Crippen LogP contribution is 2.21. The molecule has 0 radical (unpaired) electrons. The number of aliphatic carboxylic acids is 1. The van der Waals surface area contributed by atoms with Crippen molar-refractivity contribution in [1.82, 2.24) is 15.2 Å². The predicted molar refractivity (Wildman–Crippen MR) is 144 cm³/mol. The molecule has 3 rings (SSSR count). The zero-order valence-corrected chi connectivity index (χ0v) is 22.6. The van der Waals surface area contributed by atoms with Crippen LogP contribution in [0.25, 0.3) is 0 Å². The van der Waals surface area contributed by atoms with Crippen molar-refractivity contribution in [2.24, 2.45) is 0 Å². The molecule has 1 aromatic carbocycles. The van der Waals surface area contributed by atoms with Crippen LogP contribution in [0.1, 0.15) is 47.3 Å². The summed E-state index contributed by atoms with van der Waals surface area (Å²) in [4.78, 5) is 31.4. The molecule has 12 heteroatoms. The van der Waals surface area contributed by atoms with E-state index in [1.54, 1.807) is 7.11 Å². The summed E-state index contributed by atoms with van der Waals surface area (Å²) in [5, 5.41) is 15.5. The fraction of sp³-hybridized carbons (Fsp3) is 0.536. The van der Waals surface area contributed by atoms with Gasteiger partial charge >= 0.3 is 12.1 Å². The van der Waals surface area contributed by atoms with Gasteiger partial charge in [0, 0.05) is 38.0 Å². The number of nitrogens with one attached hydrogen (secondary N) is 2. The first-order valence-electron chi connectivity index (χ1n) is 13.4. The number of carbonyl (C=O) groups excluding carboxylic acids is 1. The smallest absolute Gasteiger partial charge is 0.422 e. The van der Waals surface area contributed by atoms with Crippen LogP contribution in [0.4, 0.5) is 19.0 Å². The molecule has 0 spiro atoms. The number of alkyl halides is 3. The van der Waals surface area contributed by atoms with Crippen molar-refractivity contribution in [1.29, 1.82) is 0 Å². The quantitative estimate of drug-likeness (QED) is 0.262. The number of aryl methyl sites for hydroxylation is 2. The van der Waals surface area contributed by atoms with Crippen LogP contribution in [-0.2, 0) is 22.4 Å². The second kappa shape index (κ2) is 15.4.